The fraction of sp³-hybridized carbons (Fsp3) is 0.231. The van der Waals surface area contributed by atoms with Gasteiger partial charge in [0.2, 0.25) is 0 Å². The van der Waals surface area contributed by atoms with Crippen LogP contribution in [0.1, 0.15) is 10.4 Å². The highest BCUT2D eigenvalue weighted by Gasteiger charge is 2.10. The summed E-state index contributed by atoms with van der Waals surface area (Å²) in [5.74, 6) is -0.730. The number of carbonyl (C=O) groups is 1. The predicted octanol–water partition coefficient (Wildman–Crippen LogP) is 0.964. The molecule has 2 aromatic rings. The van der Waals surface area contributed by atoms with Gasteiger partial charge in [-0.2, -0.15) is 0 Å². The average Bonchev–Trinajstić information content (AvgIpc) is 2.71. The summed E-state index contributed by atoms with van der Waals surface area (Å²) in [6.07, 6.45) is 3.32. The number of carboxylic acid groups (broad SMARTS) is 1. The first-order valence-electron chi connectivity index (χ1n) is 5.76. The van der Waals surface area contributed by atoms with Crippen LogP contribution < -0.4 is 10.4 Å². The van der Waals surface area contributed by atoms with Crippen molar-refractivity contribution in [3.63, 3.8) is 0 Å². The lowest BCUT2D eigenvalue weighted by Crippen LogP contribution is -2.24. The third kappa shape index (κ3) is 2.85. The first-order valence-corrected chi connectivity index (χ1v) is 5.76. The van der Waals surface area contributed by atoms with Crippen molar-refractivity contribution >= 4 is 5.97 Å². The number of rotatable bonds is 5. The van der Waals surface area contributed by atoms with Crippen LogP contribution in [0.5, 0.6) is 5.75 Å². The molecule has 1 heterocycles. The number of benzene rings is 1. The summed E-state index contributed by atoms with van der Waals surface area (Å²) in [5.41, 5.74) is -0.0157. The number of aromatic carboxylic acids is 1. The molecular formula is C13H14N2O4. The minimum Gasteiger partial charge on any atom is -0.491 e. The Hall–Kier alpha value is -2.50. The van der Waals surface area contributed by atoms with Crippen LogP contribution in [0.15, 0.2) is 41.5 Å². The topological polar surface area (TPSA) is 73.5 Å². The van der Waals surface area contributed by atoms with Gasteiger partial charge in [0.1, 0.15) is 17.9 Å². The number of aromatic nitrogens is 2. The number of hydrogen-bond donors (Lipinski definition) is 1. The van der Waals surface area contributed by atoms with E-state index in [1.54, 1.807) is 37.6 Å². The van der Waals surface area contributed by atoms with Gasteiger partial charge in [-0.25, -0.2) is 9.59 Å². The van der Waals surface area contributed by atoms with Crippen LogP contribution in [-0.2, 0) is 13.6 Å². The SMILES string of the molecule is Cn1ccn(CCOc2ccccc2C(=O)O)c1=O. The lowest BCUT2D eigenvalue weighted by Gasteiger charge is -2.08. The molecule has 1 aromatic heterocycles. The molecule has 0 saturated heterocycles. The number of imidazole rings is 1. The van der Waals surface area contributed by atoms with E-state index in [0.29, 0.717) is 12.3 Å². The molecule has 1 N–H and O–H groups in total. The van der Waals surface area contributed by atoms with Gasteiger partial charge in [0.05, 0.1) is 6.54 Å². The first kappa shape index (κ1) is 12.9. The molecule has 0 spiro atoms. The number of aryl methyl sites for hydroxylation is 1. The Morgan fingerprint density at radius 2 is 2.05 bits per heavy atom. The Balaban J connectivity index is 2.02. The van der Waals surface area contributed by atoms with E-state index in [0.717, 1.165) is 0 Å². The van der Waals surface area contributed by atoms with Crippen molar-refractivity contribution in [1.29, 1.82) is 0 Å². The Bertz CT molecular complexity index is 642. The third-order valence-corrected chi connectivity index (χ3v) is 2.72. The van der Waals surface area contributed by atoms with Gasteiger partial charge in [-0.3, -0.25) is 4.57 Å². The molecule has 0 fully saturated rings. The highest BCUT2D eigenvalue weighted by atomic mass is 16.5. The number of para-hydroxylation sites is 1. The van der Waals surface area contributed by atoms with Crippen molar-refractivity contribution < 1.29 is 14.6 Å². The van der Waals surface area contributed by atoms with E-state index in [9.17, 15) is 9.59 Å². The van der Waals surface area contributed by atoms with Crippen molar-refractivity contribution in [2.24, 2.45) is 7.05 Å². The summed E-state index contributed by atoms with van der Waals surface area (Å²) >= 11 is 0. The van der Waals surface area contributed by atoms with Crippen molar-refractivity contribution in [3.05, 3.63) is 52.7 Å². The maximum absolute atomic E-state index is 11.6. The number of nitrogens with zero attached hydrogens (tertiary/aromatic N) is 2. The van der Waals surface area contributed by atoms with Crippen molar-refractivity contribution in [2.75, 3.05) is 6.61 Å². The van der Waals surface area contributed by atoms with Crippen LogP contribution in [0.3, 0.4) is 0 Å². The lowest BCUT2D eigenvalue weighted by atomic mass is 10.2. The molecule has 0 bridgehead atoms. The summed E-state index contributed by atoms with van der Waals surface area (Å²) in [6, 6.07) is 6.41. The molecule has 0 aliphatic carbocycles. The number of ether oxygens (including phenoxy) is 1. The summed E-state index contributed by atoms with van der Waals surface area (Å²) in [5, 5.41) is 8.99. The van der Waals surface area contributed by atoms with Crippen LogP contribution in [0, 0.1) is 0 Å². The van der Waals surface area contributed by atoms with Gasteiger partial charge in [-0.05, 0) is 12.1 Å². The van der Waals surface area contributed by atoms with Gasteiger partial charge in [0.25, 0.3) is 0 Å². The molecular weight excluding hydrogens is 248 g/mol. The molecule has 0 radical (unpaired) electrons. The van der Waals surface area contributed by atoms with E-state index >= 15 is 0 Å². The zero-order chi connectivity index (χ0) is 13.8. The van der Waals surface area contributed by atoms with E-state index in [1.165, 1.54) is 15.2 Å². The first-order chi connectivity index (χ1) is 9.09. The monoisotopic (exact) mass is 262 g/mol. The highest BCUT2D eigenvalue weighted by Crippen LogP contribution is 2.17. The molecule has 6 heteroatoms. The van der Waals surface area contributed by atoms with E-state index in [4.69, 9.17) is 9.84 Å². The maximum atomic E-state index is 11.6. The molecule has 0 aliphatic rings. The van der Waals surface area contributed by atoms with Crippen LogP contribution in [0.4, 0.5) is 0 Å². The van der Waals surface area contributed by atoms with Gasteiger partial charge in [0, 0.05) is 19.4 Å². The normalized spacial score (nSPS) is 10.4. The fourth-order valence-corrected chi connectivity index (χ4v) is 1.70. The van der Waals surface area contributed by atoms with E-state index in [-0.39, 0.29) is 17.9 Å². The molecule has 0 unspecified atom stereocenters. The second kappa shape index (κ2) is 5.43. The van der Waals surface area contributed by atoms with Crippen LogP contribution in [0.2, 0.25) is 0 Å². The van der Waals surface area contributed by atoms with Crippen LogP contribution in [-0.4, -0.2) is 26.8 Å². The van der Waals surface area contributed by atoms with Crippen molar-refractivity contribution in [1.82, 2.24) is 9.13 Å². The summed E-state index contributed by atoms with van der Waals surface area (Å²) in [4.78, 5) is 22.5. The van der Waals surface area contributed by atoms with Gasteiger partial charge < -0.3 is 14.4 Å². The van der Waals surface area contributed by atoms with Gasteiger partial charge in [-0.15, -0.1) is 0 Å². The Labute approximate surface area is 109 Å². The molecule has 0 saturated carbocycles. The van der Waals surface area contributed by atoms with Gasteiger partial charge in [0.15, 0.2) is 0 Å². The average molecular weight is 262 g/mol. The molecule has 100 valence electrons. The zero-order valence-corrected chi connectivity index (χ0v) is 10.4. The maximum Gasteiger partial charge on any atom is 0.339 e. The fourth-order valence-electron chi connectivity index (χ4n) is 1.70. The van der Waals surface area contributed by atoms with E-state index in [1.807, 2.05) is 0 Å². The second-order valence-corrected chi connectivity index (χ2v) is 4.03. The quantitative estimate of drug-likeness (QED) is 0.871. The largest absolute Gasteiger partial charge is 0.491 e. The molecule has 0 amide bonds. The summed E-state index contributed by atoms with van der Waals surface area (Å²) in [7, 11) is 1.67. The van der Waals surface area contributed by atoms with Crippen molar-refractivity contribution in [2.45, 2.75) is 6.54 Å². The Kier molecular flexibility index (Phi) is 3.70. The minimum atomic E-state index is -1.03. The number of hydrogen-bond acceptors (Lipinski definition) is 3. The molecule has 2 rings (SSSR count). The molecule has 0 atom stereocenters. The smallest absolute Gasteiger partial charge is 0.339 e. The van der Waals surface area contributed by atoms with Crippen LogP contribution >= 0.6 is 0 Å². The van der Waals surface area contributed by atoms with Gasteiger partial charge >= 0.3 is 11.7 Å². The van der Waals surface area contributed by atoms with E-state index < -0.39 is 5.97 Å². The van der Waals surface area contributed by atoms with Crippen LogP contribution in [0.25, 0.3) is 0 Å². The zero-order valence-electron chi connectivity index (χ0n) is 10.4. The van der Waals surface area contributed by atoms with Gasteiger partial charge in [-0.1, -0.05) is 12.1 Å². The standard InChI is InChI=1S/C13H14N2O4/c1-14-6-7-15(13(14)18)8-9-19-11-5-3-2-4-10(11)12(16)17/h2-7H,8-9H2,1H3,(H,16,17). The molecule has 1 aromatic carbocycles. The molecule has 19 heavy (non-hydrogen) atoms. The second-order valence-electron chi connectivity index (χ2n) is 4.03. The third-order valence-electron chi connectivity index (χ3n) is 2.72. The predicted molar refractivity (Wildman–Crippen MR) is 68.6 cm³/mol. The summed E-state index contributed by atoms with van der Waals surface area (Å²) in [6.45, 7) is 0.599. The summed E-state index contributed by atoms with van der Waals surface area (Å²) < 4.78 is 8.38. The van der Waals surface area contributed by atoms with Crippen molar-refractivity contribution in [3.8, 4) is 5.75 Å². The molecule has 0 aliphatic heterocycles. The Morgan fingerprint density at radius 3 is 2.68 bits per heavy atom. The van der Waals surface area contributed by atoms with E-state index in [2.05, 4.69) is 0 Å². The highest BCUT2D eigenvalue weighted by molar-refractivity contribution is 5.90. The minimum absolute atomic E-state index is 0.114. The Morgan fingerprint density at radius 1 is 1.32 bits per heavy atom. The lowest BCUT2D eigenvalue weighted by molar-refractivity contribution is 0.0692. The molecule has 6 nitrogen and oxygen atoms in total. The number of carboxylic acids is 1.